The van der Waals surface area contributed by atoms with Crippen LogP contribution in [0.1, 0.15) is 50.5 Å². The average Bonchev–Trinajstić information content (AvgIpc) is 2.96. The number of hydrogen-bond donors (Lipinski definition) is 3. The number of hydrogen-bond acceptors (Lipinski definition) is 8. The summed E-state index contributed by atoms with van der Waals surface area (Å²) in [6, 6.07) is 7.89. The fourth-order valence-corrected chi connectivity index (χ4v) is 6.51. The van der Waals surface area contributed by atoms with Gasteiger partial charge < -0.3 is 15.4 Å². The van der Waals surface area contributed by atoms with Crippen molar-refractivity contribution in [2.24, 2.45) is 0 Å². The smallest absolute Gasteiger partial charge is 0.228 e. The van der Waals surface area contributed by atoms with Crippen LogP contribution in [-0.2, 0) is 16.6 Å². The molecule has 0 spiro atoms. The monoisotopic (exact) mass is 558 g/mol. The van der Waals surface area contributed by atoms with Crippen molar-refractivity contribution in [2.45, 2.75) is 62.8 Å². The topological polar surface area (TPSA) is 118 Å². The maximum absolute atomic E-state index is 15.0. The Kier molecular flexibility index (Phi) is 8.63. The first-order valence-electron chi connectivity index (χ1n) is 13.3. The highest BCUT2D eigenvalue weighted by molar-refractivity contribution is 7.90. The number of anilines is 1. The Morgan fingerprint density at radius 3 is 2.62 bits per heavy atom. The number of nitrogens with zero attached hydrogens (tertiary/aromatic N) is 3. The van der Waals surface area contributed by atoms with Crippen molar-refractivity contribution in [1.82, 2.24) is 25.0 Å². The Balaban J connectivity index is 1.31. The molecule has 0 radical (unpaired) electrons. The lowest BCUT2D eigenvalue weighted by atomic mass is 10.0. The van der Waals surface area contributed by atoms with E-state index in [9.17, 15) is 12.8 Å². The summed E-state index contributed by atoms with van der Waals surface area (Å²) in [6.07, 6.45) is 9.02. The second-order valence-electron chi connectivity index (χ2n) is 9.89. The summed E-state index contributed by atoms with van der Waals surface area (Å²) < 4.78 is 63.3. The van der Waals surface area contributed by atoms with Crippen LogP contribution in [0.5, 0.6) is 11.6 Å². The molecular weight excluding hydrogens is 526 g/mol. The van der Waals surface area contributed by atoms with E-state index in [1.165, 1.54) is 18.3 Å². The van der Waals surface area contributed by atoms with Gasteiger partial charge in [-0.15, -0.1) is 0 Å². The minimum absolute atomic E-state index is 0.0468. The van der Waals surface area contributed by atoms with Crippen molar-refractivity contribution in [3.63, 3.8) is 0 Å². The third-order valence-corrected chi connectivity index (χ3v) is 9.02. The zero-order chi connectivity index (χ0) is 27.2. The molecule has 2 aromatic heterocycles. The van der Waals surface area contributed by atoms with Crippen molar-refractivity contribution in [2.75, 3.05) is 18.4 Å². The van der Waals surface area contributed by atoms with E-state index in [0.29, 0.717) is 30.0 Å². The molecule has 12 heteroatoms. The number of benzene rings is 1. The molecule has 1 saturated heterocycles. The maximum atomic E-state index is 15.0. The van der Waals surface area contributed by atoms with Crippen molar-refractivity contribution in [3.05, 3.63) is 59.9 Å². The Bertz CT molecular complexity index is 1400. The molecule has 208 valence electrons. The summed E-state index contributed by atoms with van der Waals surface area (Å²) in [7, 11) is -3.62. The van der Waals surface area contributed by atoms with E-state index in [4.69, 9.17) is 4.74 Å². The van der Waals surface area contributed by atoms with Crippen LogP contribution in [0.2, 0.25) is 0 Å². The van der Waals surface area contributed by atoms with Crippen LogP contribution in [0.4, 0.5) is 14.7 Å². The minimum Gasteiger partial charge on any atom is -0.435 e. The summed E-state index contributed by atoms with van der Waals surface area (Å²) in [6.45, 7) is 1.46. The molecule has 3 heterocycles. The lowest BCUT2D eigenvalue weighted by Gasteiger charge is -2.23. The molecule has 39 heavy (non-hydrogen) atoms. The van der Waals surface area contributed by atoms with Gasteiger partial charge in [0.15, 0.2) is 11.6 Å². The van der Waals surface area contributed by atoms with Crippen LogP contribution in [-0.4, -0.2) is 47.8 Å². The van der Waals surface area contributed by atoms with Crippen LogP contribution in [0.25, 0.3) is 11.3 Å². The molecule has 1 saturated carbocycles. The summed E-state index contributed by atoms with van der Waals surface area (Å²) in [5, 5.41) is 6.16. The highest BCUT2D eigenvalue weighted by atomic mass is 32.2. The number of ether oxygens (including phenoxy) is 1. The van der Waals surface area contributed by atoms with E-state index >= 15 is 4.39 Å². The largest absolute Gasteiger partial charge is 0.435 e. The summed E-state index contributed by atoms with van der Waals surface area (Å²) in [5.41, 5.74) is 0.882. The fraction of sp³-hybridized carbons (Fsp3) is 0.444. The number of pyridine rings is 1. The molecule has 0 bridgehead atoms. The second-order valence-corrected chi connectivity index (χ2v) is 11.9. The molecule has 1 aliphatic carbocycles. The first-order chi connectivity index (χ1) is 18.9. The number of sulfonamides is 1. The van der Waals surface area contributed by atoms with E-state index < -0.39 is 26.9 Å². The molecule has 2 fully saturated rings. The zero-order valence-corrected chi connectivity index (χ0v) is 22.3. The second kappa shape index (κ2) is 12.3. The predicted octanol–water partition coefficient (Wildman–Crippen LogP) is 4.53. The third-order valence-electron chi connectivity index (χ3n) is 7.12. The van der Waals surface area contributed by atoms with E-state index in [1.807, 2.05) is 0 Å². The molecule has 5 rings (SSSR count). The molecule has 1 atom stereocenters. The number of nitrogens with one attached hydrogen (secondary N) is 3. The Hall–Kier alpha value is -3.22. The van der Waals surface area contributed by atoms with Gasteiger partial charge in [-0.1, -0.05) is 25.3 Å². The molecule has 1 aromatic carbocycles. The molecule has 2 aliphatic rings. The first-order valence-corrected chi connectivity index (χ1v) is 14.8. The lowest BCUT2D eigenvalue weighted by Crippen LogP contribution is -2.38. The van der Waals surface area contributed by atoms with Crippen LogP contribution in [0.3, 0.4) is 0 Å². The molecule has 0 unspecified atom stereocenters. The van der Waals surface area contributed by atoms with Gasteiger partial charge in [0.2, 0.25) is 27.7 Å². The van der Waals surface area contributed by atoms with Gasteiger partial charge in [0.1, 0.15) is 0 Å². The number of piperidine rings is 1. The van der Waals surface area contributed by atoms with E-state index in [1.54, 1.807) is 24.4 Å². The van der Waals surface area contributed by atoms with Crippen molar-refractivity contribution < 1.29 is 21.9 Å². The Labute approximate surface area is 226 Å². The Morgan fingerprint density at radius 1 is 0.974 bits per heavy atom. The standard InChI is InChI=1S/C27H32F2N6O3S/c28-24-18(16-33-39(36,37)20-7-2-1-3-8-20)10-11-23(25(24)29)38-26-21(9-5-14-31-26)22-12-15-32-27(35-22)34-19-6-4-13-30-17-19/h5,9-12,14-15,19-20,30,33H,1-4,6-8,13,16-17H2,(H,32,34,35)/t19-/m0/s1. The van der Waals surface area contributed by atoms with Gasteiger partial charge >= 0.3 is 0 Å². The third kappa shape index (κ3) is 6.68. The van der Waals surface area contributed by atoms with Gasteiger partial charge in [0.25, 0.3) is 0 Å². The number of rotatable bonds is 9. The minimum atomic E-state index is -3.62. The lowest BCUT2D eigenvalue weighted by molar-refractivity contribution is 0.403. The normalized spacial score (nSPS) is 18.6. The SMILES string of the molecule is O=S(=O)(NCc1ccc(Oc2ncccc2-c2ccnc(N[C@H]3CCCNC3)n2)c(F)c1F)C1CCCCC1. The molecular formula is C27H32F2N6O3S. The fourth-order valence-electron chi connectivity index (χ4n) is 4.97. The number of aromatic nitrogens is 3. The van der Waals surface area contributed by atoms with E-state index in [2.05, 4.69) is 30.3 Å². The quantitative estimate of drug-likeness (QED) is 0.351. The van der Waals surface area contributed by atoms with Gasteiger partial charge in [0.05, 0.1) is 16.5 Å². The highest BCUT2D eigenvalue weighted by Gasteiger charge is 2.27. The van der Waals surface area contributed by atoms with E-state index in [0.717, 1.165) is 45.2 Å². The van der Waals surface area contributed by atoms with Crippen molar-refractivity contribution in [1.29, 1.82) is 0 Å². The van der Waals surface area contributed by atoms with Crippen LogP contribution < -0.4 is 20.1 Å². The van der Waals surface area contributed by atoms with Crippen LogP contribution in [0.15, 0.2) is 42.7 Å². The highest BCUT2D eigenvalue weighted by Crippen LogP contribution is 2.33. The Morgan fingerprint density at radius 2 is 1.82 bits per heavy atom. The van der Waals surface area contributed by atoms with Crippen LogP contribution in [0, 0.1) is 11.6 Å². The molecule has 3 N–H and O–H groups in total. The van der Waals surface area contributed by atoms with Crippen molar-refractivity contribution in [3.8, 4) is 22.9 Å². The molecule has 0 amide bonds. The summed E-state index contributed by atoms with van der Waals surface area (Å²) in [4.78, 5) is 13.1. The molecule has 1 aliphatic heterocycles. The first kappa shape index (κ1) is 27.4. The summed E-state index contributed by atoms with van der Waals surface area (Å²) in [5.74, 6) is -2.27. The number of halogens is 2. The van der Waals surface area contributed by atoms with Gasteiger partial charge in [-0.05, 0) is 56.5 Å². The molecule has 9 nitrogen and oxygen atoms in total. The van der Waals surface area contributed by atoms with Crippen molar-refractivity contribution >= 4 is 16.0 Å². The zero-order valence-electron chi connectivity index (χ0n) is 21.5. The average molecular weight is 559 g/mol. The van der Waals surface area contributed by atoms with Gasteiger partial charge in [-0.25, -0.2) is 32.5 Å². The van der Waals surface area contributed by atoms with Gasteiger partial charge in [-0.2, -0.15) is 4.39 Å². The van der Waals surface area contributed by atoms with E-state index in [-0.39, 0.29) is 29.8 Å². The predicted molar refractivity (Wildman–Crippen MR) is 144 cm³/mol. The van der Waals surface area contributed by atoms with Gasteiger partial charge in [-0.3, -0.25) is 0 Å². The molecule has 3 aromatic rings. The maximum Gasteiger partial charge on any atom is 0.228 e. The van der Waals surface area contributed by atoms with Crippen LogP contribution >= 0.6 is 0 Å². The summed E-state index contributed by atoms with van der Waals surface area (Å²) >= 11 is 0. The van der Waals surface area contributed by atoms with Gasteiger partial charge in [0, 0.05) is 37.1 Å².